The van der Waals surface area contributed by atoms with Gasteiger partial charge >= 0.3 is 11.9 Å². The number of fused-ring (bicyclic) bond motifs is 5. The van der Waals surface area contributed by atoms with Crippen molar-refractivity contribution in [3.63, 3.8) is 0 Å². The maximum Gasteiger partial charge on any atom is 0.355 e. The minimum absolute atomic E-state index is 0.0394. The summed E-state index contributed by atoms with van der Waals surface area (Å²) in [5.41, 5.74) is 7.96. The van der Waals surface area contributed by atoms with Crippen LogP contribution < -0.4 is 16.5 Å². The molecule has 3 aromatic rings. The molecular formula is C31H39N3O5Si. The number of hydrogen-bond acceptors (Lipinski definition) is 7. The number of carbonyl (C=O) groups is 2. The number of rotatable bonds is 7. The zero-order chi connectivity index (χ0) is 29.0. The first-order chi connectivity index (χ1) is 18.8. The van der Waals surface area contributed by atoms with Gasteiger partial charge in [-0.1, -0.05) is 71.5 Å². The van der Waals surface area contributed by atoms with Crippen LogP contribution in [0.3, 0.4) is 0 Å². The summed E-state index contributed by atoms with van der Waals surface area (Å²) in [6.45, 7) is 13.7. The summed E-state index contributed by atoms with van der Waals surface area (Å²) in [6.07, 6.45) is 1.20. The van der Waals surface area contributed by atoms with Crippen LogP contribution in [-0.2, 0) is 37.8 Å². The number of para-hydroxylation sites is 1. The summed E-state index contributed by atoms with van der Waals surface area (Å²) < 4.78 is 13.0. The minimum Gasteiger partial charge on any atom is -0.457 e. The summed E-state index contributed by atoms with van der Waals surface area (Å²) >= 11 is 0. The maximum absolute atomic E-state index is 14.0. The second-order valence-electron chi connectivity index (χ2n) is 12.9. The van der Waals surface area contributed by atoms with E-state index in [4.69, 9.17) is 20.2 Å². The van der Waals surface area contributed by atoms with E-state index in [0.717, 1.165) is 34.6 Å². The predicted molar refractivity (Wildman–Crippen MR) is 158 cm³/mol. The molecule has 4 heterocycles. The monoisotopic (exact) mass is 561 g/mol. The number of nitrogens with zero attached hydrogens (tertiary/aromatic N) is 2. The van der Waals surface area contributed by atoms with Gasteiger partial charge in [0.25, 0.3) is 5.56 Å². The van der Waals surface area contributed by atoms with Crippen molar-refractivity contribution in [2.24, 2.45) is 11.1 Å². The summed E-state index contributed by atoms with van der Waals surface area (Å²) in [5, 5.41) is 2.48. The summed E-state index contributed by atoms with van der Waals surface area (Å²) in [5.74, 6) is -1.27. The third-order valence-electron chi connectivity index (χ3n) is 8.38. The Hall–Kier alpha value is -3.30. The van der Waals surface area contributed by atoms with Gasteiger partial charge in [0, 0.05) is 12.1 Å². The molecule has 1 atom stereocenters. The fourth-order valence-electron chi connectivity index (χ4n) is 6.13. The molecule has 0 saturated carbocycles. The highest BCUT2D eigenvalue weighted by Crippen LogP contribution is 2.41. The second-order valence-corrected chi connectivity index (χ2v) is 17.6. The fraction of sp³-hybridized carbons (Fsp3) is 0.484. The van der Waals surface area contributed by atoms with Gasteiger partial charge in [-0.15, -0.1) is 0 Å². The van der Waals surface area contributed by atoms with Gasteiger partial charge in [0.05, 0.1) is 43.5 Å². The van der Waals surface area contributed by atoms with Crippen LogP contribution in [0.15, 0.2) is 35.1 Å². The van der Waals surface area contributed by atoms with Crippen LogP contribution in [0.5, 0.6) is 0 Å². The Morgan fingerprint density at radius 3 is 2.60 bits per heavy atom. The lowest BCUT2D eigenvalue weighted by Gasteiger charge is -2.35. The van der Waals surface area contributed by atoms with Crippen molar-refractivity contribution in [1.29, 1.82) is 0 Å². The first-order valence-corrected chi connectivity index (χ1v) is 17.3. The fourth-order valence-corrected chi connectivity index (χ4v) is 9.71. The molecule has 2 aromatic heterocycles. The van der Waals surface area contributed by atoms with Crippen LogP contribution >= 0.6 is 0 Å². The molecule has 8 nitrogen and oxygen atoms in total. The van der Waals surface area contributed by atoms with Crippen molar-refractivity contribution in [3.05, 3.63) is 57.4 Å². The van der Waals surface area contributed by atoms with Crippen LogP contribution in [-0.4, -0.2) is 36.1 Å². The van der Waals surface area contributed by atoms with Gasteiger partial charge in [-0.2, -0.15) is 0 Å². The van der Waals surface area contributed by atoms with Crippen molar-refractivity contribution >= 4 is 36.1 Å². The Kier molecular flexibility index (Phi) is 7.03. The van der Waals surface area contributed by atoms with Gasteiger partial charge < -0.3 is 19.8 Å². The van der Waals surface area contributed by atoms with Crippen LogP contribution in [0, 0.1) is 5.41 Å². The van der Waals surface area contributed by atoms with Gasteiger partial charge in [-0.3, -0.25) is 9.59 Å². The number of hydrogen-bond donors (Lipinski definition) is 1. The standard InChI is InChI=1S/C31H39N3O5Si/c1-7-31(39-25(35)12-14-32)22-16-24-26-20(17-34(24)28(36)21(22)18-38-29(31)37)27(19-10-8-9-11-23(19)33-26)40(5,6)15-13-30(2,3)4/h8-11,16H,7,12-15,17-18,32H2,1-6H3. The van der Waals surface area contributed by atoms with E-state index in [0.29, 0.717) is 23.4 Å². The lowest BCUT2D eigenvalue weighted by molar-refractivity contribution is -0.189. The zero-order valence-corrected chi connectivity index (χ0v) is 25.3. The third-order valence-corrected chi connectivity index (χ3v) is 11.8. The Morgan fingerprint density at radius 2 is 1.93 bits per heavy atom. The molecule has 5 rings (SSSR count). The molecule has 0 aliphatic carbocycles. The molecule has 0 spiro atoms. The first kappa shape index (κ1) is 28.2. The van der Waals surface area contributed by atoms with Crippen molar-refractivity contribution in [2.45, 2.75) is 84.8 Å². The number of pyridine rings is 2. The van der Waals surface area contributed by atoms with E-state index in [1.165, 1.54) is 5.19 Å². The van der Waals surface area contributed by atoms with Crippen LogP contribution in [0.1, 0.15) is 63.6 Å². The minimum atomic E-state index is -1.99. The number of benzene rings is 1. The van der Waals surface area contributed by atoms with Gasteiger partial charge in [0.1, 0.15) is 6.61 Å². The molecule has 212 valence electrons. The number of aromatic nitrogens is 2. The number of nitrogens with two attached hydrogens (primary N) is 1. The lowest BCUT2D eigenvalue weighted by Crippen LogP contribution is -2.47. The van der Waals surface area contributed by atoms with Crippen molar-refractivity contribution in [1.82, 2.24) is 9.55 Å². The van der Waals surface area contributed by atoms with E-state index in [1.807, 2.05) is 18.2 Å². The van der Waals surface area contributed by atoms with Crippen molar-refractivity contribution in [3.8, 4) is 11.4 Å². The average Bonchev–Trinajstić information content (AvgIpc) is 3.26. The Morgan fingerprint density at radius 1 is 1.20 bits per heavy atom. The molecular weight excluding hydrogens is 522 g/mol. The molecule has 0 amide bonds. The largest absolute Gasteiger partial charge is 0.457 e. The van der Waals surface area contributed by atoms with Crippen molar-refractivity contribution in [2.75, 3.05) is 6.54 Å². The summed E-state index contributed by atoms with van der Waals surface area (Å²) in [6, 6.07) is 11.1. The number of esters is 2. The van der Waals surface area contributed by atoms with E-state index in [-0.39, 0.29) is 37.0 Å². The van der Waals surface area contributed by atoms with E-state index in [2.05, 4.69) is 46.0 Å². The Balaban J connectivity index is 1.74. The van der Waals surface area contributed by atoms with E-state index in [9.17, 15) is 14.4 Å². The highest BCUT2D eigenvalue weighted by molar-refractivity contribution is 6.91. The molecule has 1 aromatic carbocycles. The molecule has 40 heavy (non-hydrogen) atoms. The molecule has 0 radical (unpaired) electrons. The van der Waals surface area contributed by atoms with Crippen LogP contribution in [0.25, 0.3) is 22.3 Å². The van der Waals surface area contributed by atoms with E-state index in [1.54, 1.807) is 11.5 Å². The molecule has 2 aliphatic heterocycles. The van der Waals surface area contributed by atoms with Crippen LogP contribution in [0.4, 0.5) is 0 Å². The smallest absolute Gasteiger partial charge is 0.355 e. The molecule has 2 N–H and O–H groups in total. The maximum atomic E-state index is 14.0. The van der Waals surface area contributed by atoms with E-state index >= 15 is 0 Å². The highest BCUT2D eigenvalue weighted by Gasteiger charge is 2.50. The Labute approximate surface area is 235 Å². The van der Waals surface area contributed by atoms with E-state index < -0.39 is 25.6 Å². The number of carbonyl (C=O) groups excluding carboxylic acids is 2. The van der Waals surface area contributed by atoms with Gasteiger partial charge in [-0.25, -0.2) is 9.78 Å². The van der Waals surface area contributed by atoms with Gasteiger partial charge in [0.15, 0.2) is 0 Å². The third kappa shape index (κ3) is 4.59. The average molecular weight is 562 g/mol. The molecule has 0 bridgehead atoms. The molecule has 9 heteroatoms. The zero-order valence-electron chi connectivity index (χ0n) is 24.3. The highest BCUT2D eigenvalue weighted by atomic mass is 28.3. The SMILES string of the molecule is CCC1(OC(=O)CCN)C(=O)OCc2c1cc1n(c2=O)Cc2c-1nc1ccccc1c2[Si](C)(C)CCC(C)(C)C. The molecule has 0 fully saturated rings. The summed E-state index contributed by atoms with van der Waals surface area (Å²) in [4.78, 5) is 44.8. The normalized spacial score (nSPS) is 18.2. The van der Waals surface area contributed by atoms with Crippen LogP contribution in [0.2, 0.25) is 19.1 Å². The molecule has 2 aliphatic rings. The molecule has 1 unspecified atom stereocenters. The topological polar surface area (TPSA) is 114 Å². The Bertz CT molecular complexity index is 1590. The first-order valence-electron chi connectivity index (χ1n) is 14.1. The second kappa shape index (κ2) is 9.96. The lowest BCUT2D eigenvalue weighted by atomic mass is 9.85. The predicted octanol–water partition coefficient (Wildman–Crippen LogP) is 4.33. The van der Waals surface area contributed by atoms with Gasteiger partial charge in [-0.05, 0) is 40.1 Å². The quantitative estimate of drug-likeness (QED) is 0.264. The number of cyclic esters (lactones) is 1. The number of ether oxygens (including phenoxy) is 2. The molecule has 0 saturated heterocycles. The van der Waals surface area contributed by atoms with Gasteiger partial charge in [0.2, 0.25) is 5.60 Å². The summed E-state index contributed by atoms with van der Waals surface area (Å²) in [7, 11) is -1.99. The van der Waals surface area contributed by atoms with Crippen molar-refractivity contribution < 1.29 is 19.1 Å².